The van der Waals surface area contributed by atoms with Gasteiger partial charge in [-0.15, -0.1) is 0 Å². The Bertz CT molecular complexity index is 386. The van der Waals surface area contributed by atoms with Gasteiger partial charge in [0.1, 0.15) is 0 Å². The van der Waals surface area contributed by atoms with Crippen LogP contribution in [0.2, 0.25) is 0 Å². The summed E-state index contributed by atoms with van der Waals surface area (Å²) in [5, 5.41) is 3.73. The minimum Gasteiger partial charge on any atom is -0.314 e. The zero-order valence-electron chi connectivity index (χ0n) is 13.4. The molecule has 1 fully saturated rings. The molecule has 2 heteroatoms. The highest BCUT2D eigenvalue weighted by molar-refractivity contribution is 5.14. The third-order valence-electron chi connectivity index (χ3n) is 4.41. The Morgan fingerprint density at radius 2 is 2.00 bits per heavy atom. The number of benzene rings is 1. The van der Waals surface area contributed by atoms with Crippen LogP contribution in [0.4, 0.5) is 0 Å². The summed E-state index contributed by atoms with van der Waals surface area (Å²) < 4.78 is 0. The largest absolute Gasteiger partial charge is 0.314 e. The van der Waals surface area contributed by atoms with Gasteiger partial charge in [0.2, 0.25) is 0 Å². The van der Waals surface area contributed by atoms with Gasteiger partial charge in [0.05, 0.1) is 0 Å². The van der Waals surface area contributed by atoms with Crippen molar-refractivity contribution < 1.29 is 0 Å². The topological polar surface area (TPSA) is 15.3 Å². The van der Waals surface area contributed by atoms with Crippen LogP contribution >= 0.6 is 0 Å². The molecule has 1 unspecified atom stereocenters. The molecule has 0 spiro atoms. The van der Waals surface area contributed by atoms with Crippen molar-refractivity contribution in [1.29, 1.82) is 0 Å². The fraction of sp³-hybridized carbons (Fsp3) is 0.667. The molecule has 0 bridgehead atoms. The van der Waals surface area contributed by atoms with Crippen LogP contribution < -0.4 is 5.32 Å². The fourth-order valence-electron chi connectivity index (χ4n) is 3.24. The van der Waals surface area contributed by atoms with E-state index in [2.05, 4.69) is 61.4 Å². The molecule has 0 heterocycles. The second kappa shape index (κ2) is 7.24. The molecule has 0 radical (unpaired) electrons. The summed E-state index contributed by atoms with van der Waals surface area (Å²) in [6, 6.07) is 11.5. The predicted octanol–water partition coefficient (Wildman–Crippen LogP) is 3.68. The minimum absolute atomic E-state index is 0.557. The Morgan fingerprint density at radius 1 is 1.25 bits per heavy atom. The number of nitrogens with one attached hydrogen (secondary N) is 1. The van der Waals surface area contributed by atoms with Gasteiger partial charge in [0, 0.05) is 12.6 Å². The average molecular weight is 274 g/mol. The molecule has 0 aromatic heterocycles. The molecule has 1 aliphatic carbocycles. The summed E-state index contributed by atoms with van der Waals surface area (Å²) in [5.41, 5.74) is 1.96. The van der Waals surface area contributed by atoms with Crippen LogP contribution in [0, 0.1) is 5.41 Å². The van der Waals surface area contributed by atoms with Crippen molar-refractivity contribution in [3.05, 3.63) is 35.9 Å². The van der Waals surface area contributed by atoms with E-state index in [0.29, 0.717) is 5.41 Å². The molecule has 0 saturated heterocycles. The van der Waals surface area contributed by atoms with Gasteiger partial charge in [-0.3, -0.25) is 0 Å². The van der Waals surface area contributed by atoms with E-state index in [-0.39, 0.29) is 0 Å². The van der Waals surface area contributed by atoms with E-state index >= 15 is 0 Å². The van der Waals surface area contributed by atoms with Crippen molar-refractivity contribution in [1.82, 2.24) is 10.2 Å². The highest BCUT2D eigenvalue weighted by Gasteiger charge is 2.30. The molecule has 1 aliphatic rings. The molecule has 0 amide bonds. The lowest BCUT2D eigenvalue weighted by atomic mass is 9.92. The number of hydrogen-bond donors (Lipinski definition) is 1. The smallest absolute Gasteiger partial charge is 0.0230 e. The SMILES string of the molecule is CN(CCCNC1CCC(C)(C)C1)Cc1ccccc1. The number of hydrogen-bond acceptors (Lipinski definition) is 2. The third kappa shape index (κ3) is 5.26. The van der Waals surface area contributed by atoms with E-state index in [4.69, 9.17) is 0 Å². The highest BCUT2D eigenvalue weighted by Crippen LogP contribution is 2.36. The van der Waals surface area contributed by atoms with Crippen LogP contribution in [-0.4, -0.2) is 31.1 Å². The van der Waals surface area contributed by atoms with Crippen LogP contribution in [0.5, 0.6) is 0 Å². The fourth-order valence-corrected chi connectivity index (χ4v) is 3.24. The van der Waals surface area contributed by atoms with Crippen molar-refractivity contribution in [3.8, 4) is 0 Å². The van der Waals surface area contributed by atoms with Crippen LogP contribution in [0.25, 0.3) is 0 Å². The summed E-state index contributed by atoms with van der Waals surface area (Å²) in [5.74, 6) is 0. The predicted molar refractivity (Wildman–Crippen MR) is 86.8 cm³/mol. The summed E-state index contributed by atoms with van der Waals surface area (Å²) in [7, 11) is 2.21. The van der Waals surface area contributed by atoms with Gasteiger partial charge < -0.3 is 10.2 Å². The molecular weight excluding hydrogens is 244 g/mol. The first-order chi connectivity index (χ1) is 9.55. The average Bonchev–Trinajstić information content (AvgIpc) is 2.75. The van der Waals surface area contributed by atoms with Gasteiger partial charge in [-0.2, -0.15) is 0 Å². The Balaban J connectivity index is 1.57. The summed E-state index contributed by atoms with van der Waals surface area (Å²) in [4.78, 5) is 2.41. The second-order valence-electron chi connectivity index (χ2n) is 7.13. The Morgan fingerprint density at radius 3 is 2.65 bits per heavy atom. The monoisotopic (exact) mass is 274 g/mol. The molecule has 112 valence electrons. The van der Waals surface area contributed by atoms with E-state index in [0.717, 1.165) is 25.7 Å². The Labute approximate surface area is 124 Å². The molecule has 1 aromatic carbocycles. The van der Waals surface area contributed by atoms with Crippen molar-refractivity contribution in [3.63, 3.8) is 0 Å². The summed E-state index contributed by atoms with van der Waals surface area (Å²) >= 11 is 0. The maximum atomic E-state index is 3.73. The first-order valence-electron chi connectivity index (χ1n) is 8.01. The Hall–Kier alpha value is -0.860. The maximum absolute atomic E-state index is 3.73. The van der Waals surface area contributed by atoms with Crippen molar-refractivity contribution >= 4 is 0 Å². The van der Waals surface area contributed by atoms with E-state index < -0.39 is 0 Å². The molecule has 1 aromatic rings. The molecule has 1 atom stereocenters. The normalized spacial score (nSPS) is 21.5. The van der Waals surface area contributed by atoms with Gasteiger partial charge in [-0.05, 0) is 56.8 Å². The van der Waals surface area contributed by atoms with E-state index in [1.54, 1.807) is 0 Å². The maximum Gasteiger partial charge on any atom is 0.0230 e. The highest BCUT2D eigenvalue weighted by atomic mass is 15.1. The first-order valence-corrected chi connectivity index (χ1v) is 8.01. The van der Waals surface area contributed by atoms with Crippen LogP contribution in [0.1, 0.15) is 45.1 Å². The van der Waals surface area contributed by atoms with Gasteiger partial charge in [0.25, 0.3) is 0 Å². The van der Waals surface area contributed by atoms with Gasteiger partial charge in [-0.25, -0.2) is 0 Å². The van der Waals surface area contributed by atoms with Gasteiger partial charge in [0.15, 0.2) is 0 Å². The van der Waals surface area contributed by atoms with Crippen molar-refractivity contribution in [2.45, 2.75) is 52.1 Å². The van der Waals surface area contributed by atoms with Crippen LogP contribution in [-0.2, 0) is 6.54 Å². The lowest BCUT2D eigenvalue weighted by molar-refractivity contribution is 0.313. The second-order valence-corrected chi connectivity index (χ2v) is 7.13. The summed E-state index contributed by atoms with van der Waals surface area (Å²) in [6.07, 6.45) is 5.30. The van der Waals surface area contributed by atoms with Gasteiger partial charge in [-0.1, -0.05) is 44.2 Å². The van der Waals surface area contributed by atoms with Crippen LogP contribution in [0.3, 0.4) is 0 Å². The lowest BCUT2D eigenvalue weighted by Gasteiger charge is -2.19. The number of nitrogens with zero attached hydrogens (tertiary/aromatic N) is 1. The van der Waals surface area contributed by atoms with Crippen molar-refractivity contribution in [2.24, 2.45) is 5.41 Å². The molecule has 2 nitrogen and oxygen atoms in total. The lowest BCUT2D eigenvalue weighted by Crippen LogP contribution is -2.30. The standard InChI is InChI=1S/C18H30N2/c1-18(2)11-10-17(14-18)19-12-7-13-20(3)15-16-8-5-4-6-9-16/h4-6,8-9,17,19H,7,10-15H2,1-3H3. The van der Waals surface area contributed by atoms with E-state index in [9.17, 15) is 0 Å². The Kier molecular flexibility index (Phi) is 5.62. The molecular formula is C18H30N2. The quantitative estimate of drug-likeness (QED) is 0.763. The number of rotatable bonds is 7. The van der Waals surface area contributed by atoms with Crippen LogP contribution in [0.15, 0.2) is 30.3 Å². The molecule has 2 rings (SSSR count). The third-order valence-corrected chi connectivity index (χ3v) is 4.41. The van der Waals surface area contributed by atoms with E-state index in [1.165, 1.54) is 31.2 Å². The minimum atomic E-state index is 0.557. The molecule has 20 heavy (non-hydrogen) atoms. The zero-order chi connectivity index (χ0) is 14.4. The molecule has 1 saturated carbocycles. The van der Waals surface area contributed by atoms with E-state index in [1.807, 2.05) is 0 Å². The zero-order valence-corrected chi connectivity index (χ0v) is 13.4. The molecule has 0 aliphatic heterocycles. The van der Waals surface area contributed by atoms with Gasteiger partial charge >= 0.3 is 0 Å². The van der Waals surface area contributed by atoms with Crippen molar-refractivity contribution in [2.75, 3.05) is 20.1 Å². The summed E-state index contributed by atoms with van der Waals surface area (Å²) in [6.45, 7) is 8.15. The first kappa shape index (κ1) is 15.5. The molecule has 1 N–H and O–H groups in total.